The first-order valence-electron chi connectivity index (χ1n) is 15.4. The molecule has 0 aliphatic carbocycles. The van der Waals surface area contributed by atoms with Gasteiger partial charge in [0.25, 0.3) is 0 Å². The van der Waals surface area contributed by atoms with E-state index in [9.17, 15) is 0 Å². The van der Waals surface area contributed by atoms with Crippen LogP contribution in [0.1, 0.15) is 194 Å². The molecule has 0 fully saturated rings. The molecule has 0 aliphatic heterocycles. The van der Waals surface area contributed by atoms with Crippen molar-refractivity contribution >= 4 is 0 Å². The summed E-state index contributed by atoms with van der Waals surface area (Å²) in [6, 6.07) is 0. The van der Waals surface area contributed by atoms with Crippen molar-refractivity contribution in [3.8, 4) is 0 Å². The largest absolute Gasteiger partial charge is 0.0702 e. The number of hydrogen-bond acceptors (Lipinski definition) is 0. The van der Waals surface area contributed by atoms with Crippen LogP contribution in [-0.2, 0) is 0 Å². The molecule has 191 valence electrons. The Balaban J connectivity index is 3.14. The van der Waals surface area contributed by atoms with Crippen LogP contribution in [0.4, 0.5) is 0 Å². The summed E-state index contributed by atoms with van der Waals surface area (Å²) in [6.45, 7) is 10.9. The molecule has 32 heavy (non-hydrogen) atoms. The summed E-state index contributed by atoms with van der Waals surface area (Å²) in [6.07, 6.45) is 39.5. The van der Waals surface area contributed by atoms with Gasteiger partial charge < -0.3 is 0 Å². The minimum absolute atomic E-state index is 1.18. The smallest absolute Gasteiger partial charge is 0.0317 e. The zero-order chi connectivity index (χ0) is 23.4. The zero-order valence-electron chi connectivity index (χ0n) is 22.9. The molecule has 0 N–H and O–H groups in total. The van der Waals surface area contributed by atoms with Gasteiger partial charge in [0.15, 0.2) is 0 Å². The quantitative estimate of drug-likeness (QED) is 0.105. The molecule has 0 heteroatoms. The molecule has 0 aromatic heterocycles. The lowest BCUT2D eigenvalue weighted by Crippen LogP contribution is -1.87. The number of unbranched alkanes of at least 4 members (excludes halogenated alkanes) is 24. The van der Waals surface area contributed by atoms with Crippen molar-refractivity contribution < 1.29 is 0 Å². The third-order valence-corrected chi connectivity index (χ3v) is 7.20. The fourth-order valence-electron chi connectivity index (χ4n) is 4.86. The Hall–Kier alpha value is -0.260. The van der Waals surface area contributed by atoms with Gasteiger partial charge in [-0.25, -0.2) is 0 Å². The van der Waals surface area contributed by atoms with Gasteiger partial charge in [-0.3, -0.25) is 0 Å². The van der Waals surface area contributed by atoms with E-state index in [0.29, 0.717) is 0 Å². The average Bonchev–Trinajstić information content (AvgIpc) is 2.80. The lowest BCUT2D eigenvalue weighted by molar-refractivity contribution is 0.532. The maximum Gasteiger partial charge on any atom is -0.0317 e. The predicted molar refractivity (Wildman–Crippen MR) is 148 cm³/mol. The SMILES string of the molecule is [CH]=C(CCCCCCCCCCCCCC)CCCCCCCCCCCCCCCC. The van der Waals surface area contributed by atoms with Gasteiger partial charge in [-0.1, -0.05) is 180 Å². The molecule has 0 saturated heterocycles. The molecule has 0 saturated carbocycles. The van der Waals surface area contributed by atoms with Crippen LogP contribution in [0.2, 0.25) is 0 Å². The third kappa shape index (κ3) is 27.8. The first kappa shape index (κ1) is 31.7. The zero-order valence-corrected chi connectivity index (χ0v) is 22.9. The molecular weight excluding hydrogens is 384 g/mol. The van der Waals surface area contributed by atoms with Crippen molar-refractivity contribution in [2.24, 2.45) is 0 Å². The molecular formula is C32H63. The second-order valence-corrected chi connectivity index (χ2v) is 10.6. The van der Waals surface area contributed by atoms with E-state index < -0.39 is 0 Å². The molecule has 0 heterocycles. The van der Waals surface area contributed by atoms with Crippen molar-refractivity contribution in [1.82, 2.24) is 0 Å². The highest BCUT2D eigenvalue weighted by Crippen LogP contribution is 2.18. The van der Waals surface area contributed by atoms with E-state index in [1.54, 1.807) is 0 Å². The van der Waals surface area contributed by atoms with Gasteiger partial charge in [0, 0.05) is 0 Å². The van der Waals surface area contributed by atoms with E-state index in [-0.39, 0.29) is 0 Å². The summed E-state index contributed by atoms with van der Waals surface area (Å²) in [5.74, 6) is 0. The molecule has 0 aromatic rings. The molecule has 0 atom stereocenters. The van der Waals surface area contributed by atoms with Gasteiger partial charge in [-0.2, -0.15) is 0 Å². The van der Waals surface area contributed by atoms with Crippen molar-refractivity contribution in [3.63, 3.8) is 0 Å². The van der Waals surface area contributed by atoms with E-state index >= 15 is 0 Å². The maximum absolute atomic E-state index is 6.27. The topological polar surface area (TPSA) is 0 Å². The van der Waals surface area contributed by atoms with Crippen LogP contribution >= 0.6 is 0 Å². The van der Waals surface area contributed by atoms with Crippen LogP contribution in [0.5, 0.6) is 0 Å². The van der Waals surface area contributed by atoms with Gasteiger partial charge in [0.05, 0.1) is 0 Å². The minimum atomic E-state index is 1.18. The molecule has 0 nitrogen and oxygen atoms in total. The second kappa shape index (κ2) is 28.8. The lowest BCUT2D eigenvalue weighted by Gasteiger charge is -2.06. The summed E-state index contributed by atoms with van der Waals surface area (Å²) in [5, 5.41) is 0. The molecule has 0 rings (SSSR count). The maximum atomic E-state index is 6.27. The number of hydrogen-bond donors (Lipinski definition) is 0. The van der Waals surface area contributed by atoms with Gasteiger partial charge in [0.1, 0.15) is 0 Å². The number of allylic oxidation sites excluding steroid dienone is 1. The summed E-state index contributed by atoms with van der Waals surface area (Å²) < 4.78 is 0. The van der Waals surface area contributed by atoms with Gasteiger partial charge in [-0.05, 0) is 25.7 Å². The van der Waals surface area contributed by atoms with E-state index in [1.165, 1.54) is 185 Å². The molecule has 1 radical (unpaired) electrons. The van der Waals surface area contributed by atoms with Crippen molar-refractivity contribution in [1.29, 1.82) is 0 Å². The van der Waals surface area contributed by atoms with E-state index in [0.717, 1.165) is 0 Å². The fraction of sp³-hybridized carbons (Fsp3) is 0.938. The first-order chi connectivity index (χ1) is 15.8. The molecule has 0 bridgehead atoms. The van der Waals surface area contributed by atoms with Crippen LogP contribution in [0.25, 0.3) is 0 Å². The Bertz CT molecular complexity index is 342. The number of rotatable bonds is 28. The Kier molecular flexibility index (Phi) is 28.5. The standard InChI is InChI=1S/C32H63/c1-4-6-8-10-12-14-16-18-19-21-23-25-27-29-31-32(3)30-28-26-24-22-20-17-15-13-11-9-7-5-2/h3H,4-31H2,1-2H3. The van der Waals surface area contributed by atoms with Crippen LogP contribution in [0.15, 0.2) is 5.57 Å². The fourth-order valence-corrected chi connectivity index (χ4v) is 4.86. The van der Waals surface area contributed by atoms with Crippen LogP contribution in [-0.4, -0.2) is 0 Å². The summed E-state index contributed by atoms with van der Waals surface area (Å²) in [4.78, 5) is 0. The molecule has 0 aliphatic rings. The summed E-state index contributed by atoms with van der Waals surface area (Å²) in [7, 11) is 0. The normalized spacial score (nSPS) is 11.3. The van der Waals surface area contributed by atoms with Crippen molar-refractivity contribution in [2.75, 3.05) is 0 Å². The molecule has 0 unspecified atom stereocenters. The van der Waals surface area contributed by atoms with E-state index in [2.05, 4.69) is 13.8 Å². The lowest BCUT2D eigenvalue weighted by atomic mass is 10.00. The van der Waals surface area contributed by atoms with Gasteiger partial charge in [0.2, 0.25) is 0 Å². The van der Waals surface area contributed by atoms with Crippen molar-refractivity contribution in [3.05, 3.63) is 12.2 Å². The van der Waals surface area contributed by atoms with Crippen molar-refractivity contribution in [2.45, 2.75) is 194 Å². The van der Waals surface area contributed by atoms with E-state index in [1.807, 2.05) is 0 Å². The highest BCUT2D eigenvalue weighted by Gasteiger charge is 1.98. The Morgan fingerprint density at radius 3 is 0.719 bits per heavy atom. The van der Waals surface area contributed by atoms with Crippen LogP contribution in [0, 0.1) is 6.58 Å². The third-order valence-electron chi connectivity index (χ3n) is 7.20. The monoisotopic (exact) mass is 447 g/mol. The predicted octanol–water partition coefficient (Wildman–Crippen LogP) is 12.3. The Morgan fingerprint density at radius 2 is 0.500 bits per heavy atom. The van der Waals surface area contributed by atoms with Gasteiger partial charge in [-0.15, -0.1) is 0 Å². The minimum Gasteiger partial charge on any atom is -0.0702 e. The molecule has 0 amide bonds. The summed E-state index contributed by atoms with van der Waals surface area (Å²) in [5.41, 5.74) is 1.27. The Labute approximate surface area is 205 Å². The second-order valence-electron chi connectivity index (χ2n) is 10.6. The highest BCUT2D eigenvalue weighted by atomic mass is 14.0. The molecule has 0 spiro atoms. The van der Waals surface area contributed by atoms with Crippen LogP contribution < -0.4 is 0 Å². The van der Waals surface area contributed by atoms with Crippen LogP contribution in [0.3, 0.4) is 0 Å². The summed E-state index contributed by atoms with van der Waals surface area (Å²) >= 11 is 0. The van der Waals surface area contributed by atoms with Gasteiger partial charge >= 0.3 is 0 Å². The highest BCUT2D eigenvalue weighted by molar-refractivity contribution is 4.90. The van der Waals surface area contributed by atoms with E-state index in [4.69, 9.17) is 6.58 Å². The first-order valence-corrected chi connectivity index (χ1v) is 15.4. The Morgan fingerprint density at radius 1 is 0.312 bits per heavy atom. The molecule has 0 aromatic carbocycles. The average molecular weight is 448 g/mol.